The van der Waals surface area contributed by atoms with Crippen LogP contribution in [0.4, 0.5) is 5.69 Å². The zero-order valence-corrected chi connectivity index (χ0v) is 9.89. The molecule has 0 N–H and O–H groups in total. The van der Waals surface area contributed by atoms with Crippen molar-refractivity contribution in [2.75, 3.05) is 31.6 Å². The van der Waals surface area contributed by atoms with Gasteiger partial charge in [0.1, 0.15) is 6.29 Å². The number of anilines is 1. The minimum absolute atomic E-state index is 0.583. The molecule has 1 aliphatic heterocycles. The van der Waals surface area contributed by atoms with Crippen molar-refractivity contribution in [3.63, 3.8) is 0 Å². The Bertz CT molecular complexity index is 361. The molecule has 0 aromatic heterocycles. The summed E-state index contributed by atoms with van der Waals surface area (Å²) in [6, 6.07) is 8.40. The van der Waals surface area contributed by atoms with Gasteiger partial charge in [0, 0.05) is 36.9 Å². The third-order valence-corrected chi connectivity index (χ3v) is 3.35. The highest BCUT2D eigenvalue weighted by Gasteiger charge is 2.20. The molecule has 0 saturated carbocycles. The Hall–Kier alpha value is -1.35. The van der Waals surface area contributed by atoms with Gasteiger partial charge in [-0.1, -0.05) is 0 Å². The lowest BCUT2D eigenvalue weighted by Gasteiger charge is -2.39. The summed E-state index contributed by atoms with van der Waals surface area (Å²) < 4.78 is 0. The SMILES string of the molecule is C[C@H]1CN(c2ccc(C=O)cc2)CCN1C. The van der Waals surface area contributed by atoms with Gasteiger partial charge in [0.2, 0.25) is 0 Å². The van der Waals surface area contributed by atoms with Crippen molar-refractivity contribution in [3.8, 4) is 0 Å². The molecule has 0 bridgehead atoms. The molecular formula is C13H18N2O. The average molecular weight is 218 g/mol. The van der Waals surface area contributed by atoms with E-state index in [-0.39, 0.29) is 0 Å². The summed E-state index contributed by atoms with van der Waals surface area (Å²) in [7, 11) is 2.16. The number of hydrogen-bond acceptors (Lipinski definition) is 3. The number of piperazine rings is 1. The number of likely N-dealkylation sites (N-methyl/N-ethyl adjacent to an activating group) is 1. The number of rotatable bonds is 2. The van der Waals surface area contributed by atoms with E-state index < -0.39 is 0 Å². The van der Waals surface area contributed by atoms with Crippen molar-refractivity contribution in [3.05, 3.63) is 29.8 Å². The molecule has 1 aromatic carbocycles. The number of benzene rings is 1. The summed E-state index contributed by atoms with van der Waals surface area (Å²) in [6.07, 6.45) is 0.885. The minimum Gasteiger partial charge on any atom is -0.369 e. The Morgan fingerprint density at radius 1 is 1.25 bits per heavy atom. The number of aldehydes is 1. The first kappa shape index (κ1) is 11.1. The van der Waals surface area contributed by atoms with Crippen LogP contribution in [0.2, 0.25) is 0 Å². The van der Waals surface area contributed by atoms with Crippen molar-refractivity contribution >= 4 is 12.0 Å². The molecule has 1 aliphatic rings. The van der Waals surface area contributed by atoms with E-state index in [1.807, 2.05) is 24.3 Å². The van der Waals surface area contributed by atoms with Gasteiger partial charge in [-0.2, -0.15) is 0 Å². The summed E-state index contributed by atoms with van der Waals surface area (Å²) in [6.45, 7) is 5.45. The van der Waals surface area contributed by atoms with Crippen LogP contribution >= 0.6 is 0 Å². The summed E-state index contributed by atoms with van der Waals surface area (Å²) >= 11 is 0. The highest BCUT2D eigenvalue weighted by molar-refractivity contribution is 5.75. The molecule has 0 amide bonds. The Morgan fingerprint density at radius 2 is 1.94 bits per heavy atom. The van der Waals surface area contributed by atoms with E-state index in [0.717, 1.165) is 31.5 Å². The van der Waals surface area contributed by atoms with Gasteiger partial charge in [-0.15, -0.1) is 0 Å². The standard InChI is InChI=1S/C13H18N2O/c1-11-9-15(8-7-14(11)2)13-5-3-12(10-16)4-6-13/h3-6,10-11H,7-9H2,1-2H3/t11-/m0/s1. The van der Waals surface area contributed by atoms with Crippen LogP contribution in [0.25, 0.3) is 0 Å². The third-order valence-electron chi connectivity index (χ3n) is 3.35. The molecule has 0 aliphatic carbocycles. The average Bonchev–Trinajstić information content (AvgIpc) is 2.33. The molecule has 2 rings (SSSR count). The quantitative estimate of drug-likeness (QED) is 0.705. The molecule has 1 heterocycles. The van der Waals surface area contributed by atoms with Crippen LogP contribution < -0.4 is 4.90 Å². The molecule has 1 atom stereocenters. The van der Waals surface area contributed by atoms with Crippen LogP contribution in [0.1, 0.15) is 17.3 Å². The fraction of sp³-hybridized carbons (Fsp3) is 0.462. The zero-order valence-electron chi connectivity index (χ0n) is 9.89. The van der Waals surface area contributed by atoms with E-state index in [2.05, 4.69) is 23.8 Å². The van der Waals surface area contributed by atoms with Crippen molar-refractivity contribution in [2.24, 2.45) is 0 Å². The fourth-order valence-corrected chi connectivity index (χ4v) is 2.05. The van der Waals surface area contributed by atoms with Crippen LogP contribution in [0.3, 0.4) is 0 Å². The highest BCUT2D eigenvalue weighted by Crippen LogP contribution is 2.18. The predicted molar refractivity (Wildman–Crippen MR) is 66.1 cm³/mol. The summed E-state index contributed by atoms with van der Waals surface area (Å²) in [4.78, 5) is 15.3. The lowest BCUT2D eigenvalue weighted by atomic mass is 10.1. The monoisotopic (exact) mass is 218 g/mol. The Morgan fingerprint density at radius 3 is 2.50 bits per heavy atom. The van der Waals surface area contributed by atoms with Crippen molar-refractivity contribution in [2.45, 2.75) is 13.0 Å². The maximum absolute atomic E-state index is 10.6. The molecule has 0 radical (unpaired) electrons. The van der Waals surface area contributed by atoms with Gasteiger partial charge in [0.25, 0.3) is 0 Å². The molecule has 3 nitrogen and oxygen atoms in total. The first-order valence-electron chi connectivity index (χ1n) is 5.71. The second kappa shape index (κ2) is 4.66. The van der Waals surface area contributed by atoms with E-state index in [1.165, 1.54) is 5.69 Å². The van der Waals surface area contributed by atoms with Gasteiger partial charge in [-0.05, 0) is 38.2 Å². The lowest BCUT2D eigenvalue weighted by Crippen LogP contribution is -2.50. The summed E-state index contributed by atoms with van der Waals surface area (Å²) in [5, 5.41) is 0. The van der Waals surface area contributed by atoms with Crippen LogP contribution in [0, 0.1) is 0 Å². The third kappa shape index (κ3) is 2.25. The molecular weight excluding hydrogens is 200 g/mol. The maximum Gasteiger partial charge on any atom is 0.150 e. The zero-order chi connectivity index (χ0) is 11.5. The van der Waals surface area contributed by atoms with E-state index >= 15 is 0 Å². The lowest BCUT2D eigenvalue weighted by molar-refractivity contribution is 0.112. The van der Waals surface area contributed by atoms with Gasteiger partial charge in [0.05, 0.1) is 0 Å². The van der Waals surface area contributed by atoms with Gasteiger partial charge in [-0.25, -0.2) is 0 Å². The van der Waals surface area contributed by atoms with Crippen molar-refractivity contribution < 1.29 is 4.79 Å². The molecule has 3 heteroatoms. The van der Waals surface area contributed by atoms with Crippen molar-refractivity contribution in [1.29, 1.82) is 0 Å². The molecule has 1 saturated heterocycles. The molecule has 16 heavy (non-hydrogen) atoms. The normalized spacial score (nSPS) is 22.1. The van der Waals surface area contributed by atoms with Crippen molar-refractivity contribution in [1.82, 2.24) is 4.90 Å². The summed E-state index contributed by atoms with van der Waals surface area (Å²) in [5.41, 5.74) is 1.96. The number of hydrogen-bond donors (Lipinski definition) is 0. The molecule has 1 aromatic rings. The van der Waals surface area contributed by atoms with E-state index in [4.69, 9.17) is 0 Å². The number of carbonyl (C=O) groups is 1. The fourth-order valence-electron chi connectivity index (χ4n) is 2.05. The second-order valence-corrected chi connectivity index (χ2v) is 4.49. The smallest absolute Gasteiger partial charge is 0.150 e. The molecule has 0 spiro atoms. The number of nitrogens with zero attached hydrogens (tertiary/aromatic N) is 2. The van der Waals surface area contributed by atoms with Gasteiger partial charge in [0.15, 0.2) is 0 Å². The first-order chi connectivity index (χ1) is 7.70. The molecule has 86 valence electrons. The maximum atomic E-state index is 10.6. The van der Waals surface area contributed by atoms with Crippen LogP contribution in [0.15, 0.2) is 24.3 Å². The van der Waals surface area contributed by atoms with Gasteiger partial charge in [-0.3, -0.25) is 4.79 Å². The Labute approximate surface area is 96.7 Å². The summed E-state index contributed by atoms with van der Waals surface area (Å²) in [5.74, 6) is 0. The predicted octanol–water partition coefficient (Wildman–Crippen LogP) is 1.64. The topological polar surface area (TPSA) is 23.6 Å². The number of carbonyl (C=O) groups excluding carboxylic acids is 1. The highest BCUT2D eigenvalue weighted by atomic mass is 16.1. The minimum atomic E-state index is 0.583. The Kier molecular flexibility index (Phi) is 3.25. The molecule has 1 fully saturated rings. The van der Waals surface area contributed by atoms with E-state index in [9.17, 15) is 4.79 Å². The van der Waals surface area contributed by atoms with Crippen LogP contribution in [-0.2, 0) is 0 Å². The second-order valence-electron chi connectivity index (χ2n) is 4.49. The van der Waals surface area contributed by atoms with E-state index in [1.54, 1.807) is 0 Å². The first-order valence-corrected chi connectivity index (χ1v) is 5.71. The Balaban J connectivity index is 2.09. The molecule has 0 unspecified atom stereocenters. The van der Waals surface area contributed by atoms with Crippen LogP contribution in [-0.4, -0.2) is 43.9 Å². The van der Waals surface area contributed by atoms with Gasteiger partial charge >= 0.3 is 0 Å². The van der Waals surface area contributed by atoms with E-state index in [0.29, 0.717) is 6.04 Å². The van der Waals surface area contributed by atoms with Crippen LogP contribution in [0.5, 0.6) is 0 Å². The van der Waals surface area contributed by atoms with Gasteiger partial charge < -0.3 is 9.80 Å². The largest absolute Gasteiger partial charge is 0.369 e.